The summed E-state index contributed by atoms with van der Waals surface area (Å²) in [7, 11) is -1.40. The van der Waals surface area contributed by atoms with Gasteiger partial charge in [-0.3, -0.25) is 0 Å². The molecule has 2 nitrogen and oxygen atoms in total. The maximum absolute atomic E-state index is 11.5. The third-order valence-corrected chi connectivity index (χ3v) is 3.98. The lowest BCUT2D eigenvalue weighted by Gasteiger charge is -2.04. The molecule has 0 aliphatic heterocycles. The van der Waals surface area contributed by atoms with Crippen LogP contribution < -0.4 is 0 Å². The number of rotatable bonds is 11. The van der Waals surface area contributed by atoms with E-state index in [-0.39, 0.29) is 6.10 Å². The lowest BCUT2D eigenvalue weighted by Crippen LogP contribution is -2.03. The topological polar surface area (TPSA) is 26.3 Å². The third-order valence-electron chi connectivity index (χ3n) is 2.71. The van der Waals surface area contributed by atoms with Crippen LogP contribution in [0.1, 0.15) is 72.1 Å². The maximum Gasteiger partial charge on any atom is 0.508 e. The summed E-state index contributed by atoms with van der Waals surface area (Å²) in [6.45, 7) is 6.38. The van der Waals surface area contributed by atoms with Gasteiger partial charge in [-0.1, -0.05) is 52.4 Å². The van der Waals surface area contributed by atoms with Crippen LogP contribution in [0.3, 0.4) is 0 Å². The van der Waals surface area contributed by atoms with Crippen molar-refractivity contribution in [3.63, 3.8) is 0 Å². The summed E-state index contributed by atoms with van der Waals surface area (Å²) in [4.78, 5) is 0. The van der Waals surface area contributed by atoms with Gasteiger partial charge in [0.25, 0.3) is 0 Å². The largest absolute Gasteiger partial charge is 0.508 e. The highest BCUT2D eigenvalue weighted by atomic mass is 31.1. The van der Waals surface area contributed by atoms with Gasteiger partial charge >= 0.3 is 8.03 Å². The number of hydrogen-bond donors (Lipinski definition) is 0. The highest BCUT2D eigenvalue weighted by Gasteiger charge is 2.20. The molecule has 0 aromatic rings. The van der Waals surface area contributed by atoms with Crippen LogP contribution in [0.15, 0.2) is 0 Å². The Morgan fingerprint density at radius 2 is 1.62 bits per heavy atom. The zero-order chi connectivity index (χ0) is 12.2. The van der Waals surface area contributed by atoms with E-state index in [0.29, 0.717) is 0 Å². The van der Waals surface area contributed by atoms with Crippen molar-refractivity contribution in [2.45, 2.75) is 78.2 Å². The van der Waals surface area contributed by atoms with Crippen LogP contribution in [-0.4, -0.2) is 12.3 Å². The van der Waals surface area contributed by atoms with Crippen molar-refractivity contribution in [2.75, 3.05) is 6.16 Å². The fourth-order valence-corrected chi connectivity index (χ4v) is 2.82. The quantitative estimate of drug-likeness (QED) is 0.366. The minimum absolute atomic E-state index is 0.169. The molecule has 0 radical (unpaired) electrons. The first-order valence-electron chi connectivity index (χ1n) is 6.82. The Hall–Kier alpha value is 0.0600. The van der Waals surface area contributed by atoms with E-state index >= 15 is 0 Å². The molecule has 0 amide bonds. The molecule has 0 heterocycles. The Bertz CT molecular complexity index is 171. The highest BCUT2D eigenvalue weighted by molar-refractivity contribution is 7.39. The molecule has 0 N–H and O–H groups in total. The second kappa shape index (κ2) is 11.5. The van der Waals surface area contributed by atoms with Crippen LogP contribution >= 0.6 is 8.03 Å². The van der Waals surface area contributed by atoms with Gasteiger partial charge in [0.1, 0.15) is 6.10 Å². The average Bonchev–Trinajstić information content (AvgIpc) is 2.26. The van der Waals surface area contributed by atoms with Crippen LogP contribution in [0.2, 0.25) is 0 Å². The second-order valence-corrected chi connectivity index (χ2v) is 5.85. The van der Waals surface area contributed by atoms with E-state index in [4.69, 9.17) is 4.52 Å². The molecule has 0 aliphatic carbocycles. The molecule has 0 saturated heterocycles. The van der Waals surface area contributed by atoms with E-state index < -0.39 is 8.03 Å². The SMILES string of the molecule is CCCCCCCC(C)O[P+](=O)CCCC. The normalized spacial score (nSPS) is 13.8. The first kappa shape index (κ1) is 16.1. The maximum atomic E-state index is 11.5. The lowest BCUT2D eigenvalue weighted by molar-refractivity contribution is 0.219. The van der Waals surface area contributed by atoms with Gasteiger partial charge in [0, 0.05) is 0 Å². The van der Waals surface area contributed by atoms with E-state index in [1.54, 1.807) is 0 Å². The fraction of sp³-hybridized carbons (Fsp3) is 1.00. The predicted octanol–water partition coefficient (Wildman–Crippen LogP) is 5.29. The van der Waals surface area contributed by atoms with Gasteiger partial charge in [-0.2, -0.15) is 0 Å². The van der Waals surface area contributed by atoms with Crippen LogP contribution in [0, 0.1) is 0 Å². The second-order valence-electron chi connectivity index (χ2n) is 4.53. The molecule has 96 valence electrons. The molecule has 0 rings (SSSR count). The van der Waals surface area contributed by atoms with E-state index in [0.717, 1.165) is 25.4 Å². The highest BCUT2D eigenvalue weighted by Crippen LogP contribution is 2.27. The first-order chi connectivity index (χ1) is 7.70. The van der Waals surface area contributed by atoms with Crippen LogP contribution in [0.25, 0.3) is 0 Å². The van der Waals surface area contributed by atoms with Gasteiger partial charge in [0.15, 0.2) is 6.16 Å². The van der Waals surface area contributed by atoms with Gasteiger partial charge < -0.3 is 0 Å². The summed E-state index contributed by atoms with van der Waals surface area (Å²) >= 11 is 0. The molecular weight excluding hydrogens is 219 g/mol. The number of unbranched alkanes of at least 4 members (excludes halogenated alkanes) is 5. The lowest BCUT2D eigenvalue weighted by atomic mass is 10.1. The molecule has 0 spiro atoms. The molecule has 3 heteroatoms. The Kier molecular flexibility index (Phi) is 11.6. The van der Waals surface area contributed by atoms with Crippen molar-refractivity contribution in [2.24, 2.45) is 0 Å². The molecule has 0 aromatic carbocycles. The van der Waals surface area contributed by atoms with Crippen molar-refractivity contribution in [1.82, 2.24) is 0 Å². The molecule has 0 aliphatic rings. The summed E-state index contributed by atoms with van der Waals surface area (Å²) in [5.74, 6) is 0. The first-order valence-corrected chi connectivity index (χ1v) is 8.18. The van der Waals surface area contributed by atoms with Crippen molar-refractivity contribution in [1.29, 1.82) is 0 Å². The summed E-state index contributed by atoms with van der Waals surface area (Å²) < 4.78 is 16.9. The van der Waals surface area contributed by atoms with Gasteiger partial charge in [-0.15, -0.1) is 4.52 Å². The summed E-state index contributed by atoms with van der Waals surface area (Å²) in [6, 6.07) is 0. The van der Waals surface area contributed by atoms with Crippen LogP contribution in [-0.2, 0) is 9.09 Å². The molecule has 0 aromatic heterocycles. The minimum Gasteiger partial charge on any atom is -0.143 e. The molecular formula is C13H28O2P+. The minimum atomic E-state index is -1.40. The van der Waals surface area contributed by atoms with Crippen molar-refractivity contribution in [3.05, 3.63) is 0 Å². The van der Waals surface area contributed by atoms with Crippen molar-refractivity contribution >= 4 is 8.03 Å². The van der Waals surface area contributed by atoms with E-state index in [1.807, 2.05) is 6.92 Å². The van der Waals surface area contributed by atoms with E-state index in [2.05, 4.69) is 13.8 Å². The Labute approximate surface area is 102 Å². The Morgan fingerprint density at radius 3 is 2.25 bits per heavy atom. The third kappa shape index (κ3) is 10.6. The van der Waals surface area contributed by atoms with Crippen LogP contribution in [0.4, 0.5) is 0 Å². The van der Waals surface area contributed by atoms with Gasteiger partial charge in [0.05, 0.1) is 0 Å². The standard InChI is InChI=1S/C13H28O2P/c1-4-6-8-9-10-11-13(3)15-16(14)12-7-5-2/h13H,4-12H2,1-3H3/q+1. The Balaban J connectivity index is 3.35. The molecule has 2 unspecified atom stereocenters. The summed E-state index contributed by atoms with van der Waals surface area (Å²) in [5, 5.41) is 0. The average molecular weight is 247 g/mol. The molecule has 0 saturated carbocycles. The Morgan fingerprint density at radius 1 is 1.00 bits per heavy atom. The predicted molar refractivity (Wildman–Crippen MR) is 71.3 cm³/mol. The smallest absolute Gasteiger partial charge is 0.143 e. The van der Waals surface area contributed by atoms with Gasteiger partial charge in [-0.25, -0.2) is 0 Å². The molecule has 16 heavy (non-hydrogen) atoms. The number of hydrogen-bond acceptors (Lipinski definition) is 2. The van der Waals surface area contributed by atoms with Crippen molar-refractivity contribution in [3.8, 4) is 0 Å². The van der Waals surface area contributed by atoms with Crippen molar-refractivity contribution < 1.29 is 9.09 Å². The van der Waals surface area contributed by atoms with E-state index in [1.165, 1.54) is 32.1 Å². The zero-order valence-electron chi connectivity index (χ0n) is 11.2. The zero-order valence-corrected chi connectivity index (χ0v) is 12.1. The van der Waals surface area contributed by atoms with Crippen LogP contribution in [0.5, 0.6) is 0 Å². The van der Waals surface area contributed by atoms with Gasteiger partial charge in [0.2, 0.25) is 0 Å². The monoisotopic (exact) mass is 247 g/mol. The summed E-state index contributed by atoms with van der Waals surface area (Å²) in [6.07, 6.45) is 10.5. The van der Waals surface area contributed by atoms with E-state index in [9.17, 15) is 4.57 Å². The molecule has 0 bridgehead atoms. The fourth-order valence-electron chi connectivity index (χ4n) is 1.63. The van der Waals surface area contributed by atoms with Gasteiger partial charge in [-0.05, 0) is 24.3 Å². The molecule has 2 atom stereocenters. The summed E-state index contributed by atoms with van der Waals surface area (Å²) in [5.41, 5.74) is 0. The molecule has 0 fully saturated rings.